The quantitative estimate of drug-likeness (QED) is 0.396. The van der Waals surface area contributed by atoms with Crippen molar-refractivity contribution < 1.29 is 4.43 Å². The van der Waals surface area contributed by atoms with Gasteiger partial charge in [0.05, 0.1) is 11.7 Å². The van der Waals surface area contributed by atoms with E-state index in [1.807, 2.05) is 55.5 Å². The lowest BCUT2D eigenvalue weighted by Crippen LogP contribution is -2.41. The third-order valence-electron chi connectivity index (χ3n) is 6.31. The van der Waals surface area contributed by atoms with Crippen LogP contribution in [0.5, 0.6) is 0 Å². The van der Waals surface area contributed by atoms with Crippen molar-refractivity contribution in [2.24, 2.45) is 0 Å². The van der Waals surface area contributed by atoms with E-state index in [1.54, 1.807) is 0 Å². The fourth-order valence-electron chi connectivity index (χ4n) is 3.39. The molecule has 1 aromatic heterocycles. The molecule has 0 aliphatic carbocycles. The minimum atomic E-state index is -1.88. The highest BCUT2D eigenvalue weighted by atomic mass is 28.4. The third-order valence-corrected chi connectivity index (χ3v) is 10.9. The number of hydrogen-bond donors (Lipinski definition) is 1. The second-order valence-electron chi connectivity index (χ2n) is 9.77. The maximum atomic E-state index is 9.76. The second-order valence-corrected chi connectivity index (χ2v) is 14.5. The van der Waals surface area contributed by atoms with E-state index in [2.05, 4.69) is 64.3 Å². The van der Waals surface area contributed by atoms with Crippen molar-refractivity contribution in [3.05, 3.63) is 77.5 Å². The van der Waals surface area contributed by atoms with Crippen LogP contribution >= 0.6 is 0 Å². The maximum absolute atomic E-state index is 9.76. The molecule has 1 N–H and O–H groups in total. The third kappa shape index (κ3) is 5.27. The van der Waals surface area contributed by atoms with Crippen LogP contribution in [-0.4, -0.2) is 13.3 Å². The Morgan fingerprint density at radius 3 is 2.34 bits per heavy atom. The van der Waals surface area contributed by atoms with Crippen molar-refractivity contribution in [3.63, 3.8) is 0 Å². The molecule has 4 nitrogen and oxygen atoms in total. The Hall–Kier alpha value is -2.94. The van der Waals surface area contributed by atoms with Crippen LogP contribution in [0.15, 0.2) is 60.7 Å². The summed E-state index contributed by atoms with van der Waals surface area (Å²) in [7, 11) is -1.88. The summed E-state index contributed by atoms with van der Waals surface area (Å²) in [5.41, 5.74) is 5.42. The Bertz CT molecular complexity index is 1130. The van der Waals surface area contributed by atoms with E-state index in [0.717, 1.165) is 28.1 Å². The standard InChI is InChI=1S/C27H33N3OSi/c1-19-25(21-12-9-8-10-13-21)17-23(18-28)26(29-19)30-24-15-11-14-22(16-24)20(2)31-32(6,7)27(3,4)5/h8-17,20H,1-7H3,(H,29,30). The number of rotatable bonds is 6. The van der Waals surface area contributed by atoms with Gasteiger partial charge >= 0.3 is 0 Å². The van der Waals surface area contributed by atoms with Gasteiger partial charge in [-0.2, -0.15) is 5.26 Å². The molecular weight excluding hydrogens is 410 g/mol. The topological polar surface area (TPSA) is 57.9 Å². The van der Waals surface area contributed by atoms with Gasteiger partial charge in [0.1, 0.15) is 11.9 Å². The van der Waals surface area contributed by atoms with E-state index in [4.69, 9.17) is 9.41 Å². The molecule has 0 amide bonds. The lowest BCUT2D eigenvalue weighted by molar-refractivity contribution is 0.203. The molecule has 0 radical (unpaired) electrons. The van der Waals surface area contributed by atoms with Crippen LogP contribution in [0.4, 0.5) is 11.5 Å². The summed E-state index contributed by atoms with van der Waals surface area (Å²) in [4.78, 5) is 4.72. The molecule has 0 aliphatic heterocycles. The zero-order valence-corrected chi connectivity index (χ0v) is 21.2. The molecule has 166 valence electrons. The van der Waals surface area contributed by atoms with Crippen LogP contribution in [0, 0.1) is 18.3 Å². The minimum Gasteiger partial charge on any atom is -0.410 e. The van der Waals surface area contributed by atoms with Gasteiger partial charge in [-0.3, -0.25) is 0 Å². The van der Waals surface area contributed by atoms with Crippen LogP contribution < -0.4 is 5.32 Å². The Morgan fingerprint density at radius 1 is 1.03 bits per heavy atom. The fourth-order valence-corrected chi connectivity index (χ4v) is 4.76. The average molecular weight is 444 g/mol. The molecule has 0 fully saturated rings. The molecule has 0 bridgehead atoms. The highest BCUT2D eigenvalue weighted by Crippen LogP contribution is 2.40. The highest BCUT2D eigenvalue weighted by Gasteiger charge is 2.38. The number of nitriles is 1. The Morgan fingerprint density at radius 2 is 1.72 bits per heavy atom. The molecule has 3 aromatic rings. The number of benzene rings is 2. The van der Waals surface area contributed by atoms with Crippen molar-refractivity contribution in [1.82, 2.24) is 4.98 Å². The second kappa shape index (κ2) is 9.28. The molecule has 32 heavy (non-hydrogen) atoms. The summed E-state index contributed by atoms with van der Waals surface area (Å²) in [5.74, 6) is 0.569. The van der Waals surface area contributed by atoms with Gasteiger partial charge in [-0.25, -0.2) is 4.98 Å². The zero-order chi connectivity index (χ0) is 23.5. The smallest absolute Gasteiger partial charge is 0.192 e. The largest absolute Gasteiger partial charge is 0.410 e. The van der Waals surface area contributed by atoms with Gasteiger partial charge in [0, 0.05) is 16.9 Å². The van der Waals surface area contributed by atoms with Crippen molar-refractivity contribution in [1.29, 1.82) is 5.26 Å². The molecule has 5 heteroatoms. The average Bonchev–Trinajstić information content (AvgIpc) is 2.73. The lowest BCUT2D eigenvalue weighted by Gasteiger charge is -2.38. The molecule has 3 rings (SSSR count). The predicted molar refractivity (Wildman–Crippen MR) is 136 cm³/mol. The number of pyridine rings is 1. The first-order valence-corrected chi connectivity index (χ1v) is 13.9. The number of aromatic nitrogens is 1. The molecule has 0 saturated heterocycles. The summed E-state index contributed by atoms with van der Waals surface area (Å²) in [6, 6.07) is 22.4. The number of nitrogens with one attached hydrogen (secondary N) is 1. The summed E-state index contributed by atoms with van der Waals surface area (Å²) in [6.07, 6.45) is -0.0109. The van der Waals surface area contributed by atoms with E-state index >= 15 is 0 Å². The molecule has 0 spiro atoms. The van der Waals surface area contributed by atoms with Gasteiger partial charge in [0.15, 0.2) is 8.32 Å². The fraction of sp³-hybridized carbons (Fsp3) is 0.333. The van der Waals surface area contributed by atoms with Gasteiger partial charge in [-0.1, -0.05) is 63.2 Å². The van der Waals surface area contributed by atoms with Gasteiger partial charge in [0.25, 0.3) is 0 Å². The first-order valence-electron chi connectivity index (χ1n) is 11.0. The first-order chi connectivity index (χ1) is 15.0. The maximum Gasteiger partial charge on any atom is 0.192 e. The summed E-state index contributed by atoms with van der Waals surface area (Å²) in [5, 5.41) is 13.3. The van der Waals surface area contributed by atoms with Crippen LogP contribution in [0.1, 0.15) is 50.6 Å². The van der Waals surface area contributed by atoms with Crippen LogP contribution in [0.25, 0.3) is 11.1 Å². The molecule has 1 atom stereocenters. The molecular formula is C27H33N3OSi. The van der Waals surface area contributed by atoms with Gasteiger partial charge in [-0.05, 0) is 61.3 Å². The monoisotopic (exact) mass is 443 g/mol. The van der Waals surface area contributed by atoms with Crippen molar-refractivity contribution >= 4 is 19.8 Å². The normalized spacial score (nSPS) is 12.8. The van der Waals surface area contributed by atoms with Crippen molar-refractivity contribution in [2.75, 3.05) is 5.32 Å². The first kappa shape index (κ1) is 23.7. The van der Waals surface area contributed by atoms with Gasteiger partial charge in [-0.15, -0.1) is 0 Å². The SMILES string of the molecule is Cc1nc(Nc2cccc(C(C)O[Si](C)(C)C(C)(C)C)c2)c(C#N)cc1-c1ccccc1. The van der Waals surface area contributed by atoms with E-state index in [-0.39, 0.29) is 11.1 Å². The van der Waals surface area contributed by atoms with Crippen molar-refractivity contribution in [2.45, 2.75) is 58.9 Å². The number of aryl methyl sites for hydroxylation is 1. The number of anilines is 2. The Labute approximate surface area is 193 Å². The molecule has 0 saturated carbocycles. The van der Waals surface area contributed by atoms with E-state index in [0.29, 0.717) is 11.4 Å². The van der Waals surface area contributed by atoms with Gasteiger partial charge in [0.2, 0.25) is 0 Å². The molecule has 1 heterocycles. The molecule has 0 aliphatic rings. The van der Waals surface area contributed by atoms with Crippen LogP contribution in [0.2, 0.25) is 18.1 Å². The lowest BCUT2D eigenvalue weighted by atomic mass is 10.0. The molecule has 2 aromatic carbocycles. The Kier molecular flexibility index (Phi) is 6.87. The van der Waals surface area contributed by atoms with E-state index < -0.39 is 8.32 Å². The number of nitrogens with zero attached hydrogens (tertiary/aromatic N) is 2. The van der Waals surface area contributed by atoms with Crippen LogP contribution in [0.3, 0.4) is 0 Å². The zero-order valence-electron chi connectivity index (χ0n) is 20.2. The minimum absolute atomic E-state index is 0.0109. The molecule has 1 unspecified atom stereocenters. The Balaban J connectivity index is 1.87. The summed E-state index contributed by atoms with van der Waals surface area (Å²) < 4.78 is 6.57. The summed E-state index contributed by atoms with van der Waals surface area (Å²) in [6.45, 7) is 15.4. The van der Waals surface area contributed by atoms with Crippen LogP contribution in [-0.2, 0) is 4.43 Å². The predicted octanol–water partition coefficient (Wildman–Crippen LogP) is 7.76. The van der Waals surface area contributed by atoms with Crippen molar-refractivity contribution in [3.8, 4) is 17.2 Å². The highest BCUT2D eigenvalue weighted by molar-refractivity contribution is 6.74. The van der Waals surface area contributed by atoms with E-state index in [9.17, 15) is 5.26 Å². The van der Waals surface area contributed by atoms with E-state index in [1.165, 1.54) is 0 Å². The van der Waals surface area contributed by atoms with Gasteiger partial charge < -0.3 is 9.74 Å². The summed E-state index contributed by atoms with van der Waals surface area (Å²) >= 11 is 0. The number of hydrogen-bond acceptors (Lipinski definition) is 4.